The van der Waals surface area contributed by atoms with Crippen LogP contribution < -0.4 is 4.90 Å². The van der Waals surface area contributed by atoms with Crippen molar-refractivity contribution in [3.05, 3.63) is 28.5 Å². The molecule has 5 nitrogen and oxygen atoms in total. The Hall–Kier alpha value is -1.18. The van der Waals surface area contributed by atoms with Crippen LogP contribution in [0.4, 0.5) is 5.82 Å². The second-order valence-corrected chi connectivity index (χ2v) is 6.05. The summed E-state index contributed by atoms with van der Waals surface area (Å²) >= 11 is 3.21. The SMILES string of the molecule is CO[C@@H](C)c1nc(CN(C)c2cncc(SC)n2)cs1. The molecule has 0 aliphatic heterocycles. The fourth-order valence-electron chi connectivity index (χ4n) is 1.63. The van der Waals surface area contributed by atoms with Crippen molar-refractivity contribution in [3.8, 4) is 0 Å². The smallest absolute Gasteiger partial charge is 0.148 e. The van der Waals surface area contributed by atoms with E-state index in [0.29, 0.717) is 6.54 Å². The van der Waals surface area contributed by atoms with Gasteiger partial charge in [-0.2, -0.15) is 0 Å². The predicted molar refractivity (Wildman–Crippen MR) is 83.5 cm³/mol. The van der Waals surface area contributed by atoms with Crippen LogP contribution in [0.5, 0.6) is 0 Å². The Labute approximate surface area is 127 Å². The van der Waals surface area contributed by atoms with E-state index in [4.69, 9.17) is 4.74 Å². The standard InChI is InChI=1S/C13H18N4OS2/c1-9(18-3)13-15-10(8-20-13)7-17(2)11-5-14-6-12(16-11)19-4/h5-6,8-9H,7H2,1-4H3/t9-/m0/s1. The Morgan fingerprint density at radius 3 is 2.90 bits per heavy atom. The molecule has 0 aliphatic rings. The van der Waals surface area contributed by atoms with Gasteiger partial charge in [0, 0.05) is 19.5 Å². The van der Waals surface area contributed by atoms with E-state index in [1.165, 1.54) is 0 Å². The summed E-state index contributed by atoms with van der Waals surface area (Å²) in [7, 11) is 3.69. The normalized spacial score (nSPS) is 12.4. The second-order valence-electron chi connectivity index (χ2n) is 4.33. The lowest BCUT2D eigenvalue weighted by Crippen LogP contribution is -2.18. The van der Waals surface area contributed by atoms with Gasteiger partial charge in [0.15, 0.2) is 0 Å². The van der Waals surface area contributed by atoms with Crippen LogP contribution in [0.1, 0.15) is 23.7 Å². The van der Waals surface area contributed by atoms with Crippen molar-refractivity contribution >= 4 is 28.9 Å². The maximum absolute atomic E-state index is 5.28. The zero-order valence-corrected chi connectivity index (χ0v) is 13.7. The van der Waals surface area contributed by atoms with Crippen molar-refractivity contribution in [1.29, 1.82) is 0 Å². The van der Waals surface area contributed by atoms with Crippen LogP contribution in [0.25, 0.3) is 0 Å². The van der Waals surface area contributed by atoms with Gasteiger partial charge in [0.05, 0.1) is 24.6 Å². The highest BCUT2D eigenvalue weighted by atomic mass is 32.2. The minimum absolute atomic E-state index is 0.0404. The molecule has 0 aromatic carbocycles. The number of hydrogen-bond donors (Lipinski definition) is 0. The van der Waals surface area contributed by atoms with Crippen LogP contribution in [-0.2, 0) is 11.3 Å². The minimum atomic E-state index is 0.0404. The molecule has 0 saturated carbocycles. The van der Waals surface area contributed by atoms with Crippen LogP contribution in [0.3, 0.4) is 0 Å². The molecule has 0 unspecified atom stereocenters. The zero-order chi connectivity index (χ0) is 14.5. The van der Waals surface area contributed by atoms with Crippen molar-refractivity contribution in [2.75, 3.05) is 25.3 Å². The van der Waals surface area contributed by atoms with Crippen molar-refractivity contribution in [2.24, 2.45) is 0 Å². The summed E-state index contributed by atoms with van der Waals surface area (Å²) in [5, 5.41) is 3.98. The highest BCUT2D eigenvalue weighted by Gasteiger charge is 2.12. The molecule has 0 amide bonds. The first kappa shape index (κ1) is 15.2. The van der Waals surface area contributed by atoms with E-state index in [1.54, 1.807) is 42.6 Å². The van der Waals surface area contributed by atoms with Crippen LogP contribution >= 0.6 is 23.1 Å². The van der Waals surface area contributed by atoms with Crippen LogP contribution in [0.15, 0.2) is 22.8 Å². The summed E-state index contributed by atoms with van der Waals surface area (Å²) < 4.78 is 5.28. The average Bonchev–Trinajstić information content (AvgIpc) is 2.95. The van der Waals surface area contributed by atoms with Gasteiger partial charge in [0.25, 0.3) is 0 Å². The van der Waals surface area contributed by atoms with E-state index >= 15 is 0 Å². The number of thioether (sulfide) groups is 1. The van der Waals surface area contributed by atoms with E-state index in [9.17, 15) is 0 Å². The number of anilines is 1. The summed E-state index contributed by atoms with van der Waals surface area (Å²) in [4.78, 5) is 15.4. The van der Waals surface area contributed by atoms with Gasteiger partial charge >= 0.3 is 0 Å². The quantitative estimate of drug-likeness (QED) is 0.765. The van der Waals surface area contributed by atoms with Gasteiger partial charge in [-0.1, -0.05) is 0 Å². The minimum Gasteiger partial charge on any atom is -0.375 e. The Bertz CT molecular complexity index is 561. The molecule has 108 valence electrons. The van der Waals surface area contributed by atoms with Gasteiger partial charge < -0.3 is 9.64 Å². The lowest BCUT2D eigenvalue weighted by Gasteiger charge is -2.16. The van der Waals surface area contributed by atoms with Crippen LogP contribution in [-0.4, -0.2) is 35.4 Å². The molecule has 0 spiro atoms. The summed E-state index contributed by atoms with van der Waals surface area (Å²) in [5.41, 5.74) is 1.02. The van der Waals surface area contributed by atoms with Crippen molar-refractivity contribution < 1.29 is 4.74 Å². The lowest BCUT2D eigenvalue weighted by atomic mass is 10.4. The molecule has 2 heterocycles. The summed E-state index contributed by atoms with van der Waals surface area (Å²) in [6.07, 6.45) is 5.57. The Morgan fingerprint density at radius 2 is 2.20 bits per heavy atom. The third-order valence-corrected chi connectivity index (χ3v) is 4.54. The number of thiazole rings is 1. The third kappa shape index (κ3) is 3.68. The van der Waals surface area contributed by atoms with Crippen molar-refractivity contribution in [1.82, 2.24) is 15.0 Å². The monoisotopic (exact) mass is 310 g/mol. The van der Waals surface area contributed by atoms with Gasteiger partial charge in [-0.25, -0.2) is 9.97 Å². The largest absolute Gasteiger partial charge is 0.375 e. The number of ether oxygens (including phenoxy) is 1. The molecular formula is C13H18N4OS2. The summed E-state index contributed by atoms with van der Waals surface area (Å²) in [6, 6.07) is 0. The molecule has 0 N–H and O–H groups in total. The summed E-state index contributed by atoms with van der Waals surface area (Å²) in [6.45, 7) is 2.71. The van der Waals surface area contributed by atoms with Crippen molar-refractivity contribution in [3.63, 3.8) is 0 Å². The Balaban J connectivity index is 2.07. The van der Waals surface area contributed by atoms with E-state index in [-0.39, 0.29) is 6.10 Å². The van der Waals surface area contributed by atoms with E-state index < -0.39 is 0 Å². The van der Waals surface area contributed by atoms with Crippen LogP contribution in [0, 0.1) is 0 Å². The molecule has 20 heavy (non-hydrogen) atoms. The molecule has 0 saturated heterocycles. The maximum Gasteiger partial charge on any atom is 0.148 e. The molecule has 2 aromatic heterocycles. The highest BCUT2D eigenvalue weighted by molar-refractivity contribution is 7.98. The summed E-state index contributed by atoms with van der Waals surface area (Å²) in [5.74, 6) is 0.853. The van der Waals surface area contributed by atoms with Crippen molar-refractivity contribution in [2.45, 2.75) is 24.6 Å². The second kappa shape index (κ2) is 7.01. The number of nitrogens with zero attached hydrogens (tertiary/aromatic N) is 4. The number of aromatic nitrogens is 3. The molecule has 0 fully saturated rings. The van der Waals surface area contributed by atoms with Gasteiger partial charge in [0.1, 0.15) is 22.0 Å². The Morgan fingerprint density at radius 1 is 1.40 bits per heavy atom. The molecule has 2 rings (SSSR count). The van der Waals surface area contributed by atoms with Gasteiger partial charge in [0.2, 0.25) is 0 Å². The maximum atomic E-state index is 5.28. The van der Waals surface area contributed by atoms with Gasteiger partial charge in [-0.15, -0.1) is 23.1 Å². The first-order valence-corrected chi connectivity index (χ1v) is 8.28. The third-order valence-electron chi connectivity index (χ3n) is 2.87. The fourth-order valence-corrected chi connectivity index (χ4v) is 2.82. The highest BCUT2D eigenvalue weighted by Crippen LogP contribution is 2.22. The average molecular weight is 310 g/mol. The molecule has 0 aliphatic carbocycles. The molecule has 0 bridgehead atoms. The molecule has 7 heteroatoms. The van der Waals surface area contributed by atoms with Crippen LogP contribution in [0.2, 0.25) is 0 Å². The first-order chi connectivity index (χ1) is 9.63. The molecular weight excluding hydrogens is 292 g/mol. The van der Waals surface area contributed by atoms with E-state index in [1.807, 2.05) is 25.1 Å². The topological polar surface area (TPSA) is 51.1 Å². The number of methoxy groups -OCH3 is 1. The molecule has 2 aromatic rings. The zero-order valence-electron chi connectivity index (χ0n) is 12.0. The number of rotatable bonds is 6. The number of hydrogen-bond acceptors (Lipinski definition) is 7. The Kier molecular flexibility index (Phi) is 5.33. The van der Waals surface area contributed by atoms with E-state index in [0.717, 1.165) is 21.5 Å². The lowest BCUT2D eigenvalue weighted by molar-refractivity contribution is 0.119. The molecule has 0 radical (unpaired) electrons. The van der Waals surface area contributed by atoms with Gasteiger partial charge in [-0.3, -0.25) is 4.98 Å². The fraction of sp³-hybridized carbons (Fsp3) is 0.462. The molecule has 1 atom stereocenters. The first-order valence-electron chi connectivity index (χ1n) is 6.18. The van der Waals surface area contributed by atoms with E-state index in [2.05, 4.69) is 20.3 Å². The van der Waals surface area contributed by atoms with Gasteiger partial charge in [-0.05, 0) is 13.2 Å². The predicted octanol–water partition coefficient (Wildman–Crippen LogP) is 3.00.